The van der Waals surface area contributed by atoms with Gasteiger partial charge in [0.05, 0.1) is 44.6 Å². The van der Waals surface area contributed by atoms with Crippen LogP contribution in [-0.2, 0) is 0 Å². The molecule has 0 fully saturated rings. The van der Waals surface area contributed by atoms with Crippen LogP contribution >= 0.6 is 0 Å². The van der Waals surface area contributed by atoms with Crippen LogP contribution in [0.2, 0.25) is 0 Å². The summed E-state index contributed by atoms with van der Waals surface area (Å²) < 4.78 is 26.9. The van der Waals surface area contributed by atoms with E-state index in [4.69, 9.17) is 23.7 Å². The van der Waals surface area contributed by atoms with E-state index in [1.165, 1.54) is 82.1 Å². The van der Waals surface area contributed by atoms with Crippen LogP contribution in [0.3, 0.4) is 0 Å². The third-order valence-electron chi connectivity index (χ3n) is 6.50. The zero-order chi connectivity index (χ0) is 33.9. The highest BCUT2D eigenvalue weighted by Gasteiger charge is 2.18. The zero-order valence-corrected chi connectivity index (χ0v) is 25.8. The maximum atomic E-state index is 12.9. The van der Waals surface area contributed by atoms with Crippen LogP contribution in [0.25, 0.3) is 0 Å². The minimum Gasteiger partial charge on any atom is -0.493 e. The predicted molar refractivity (Wildman–Crippen MR) is 171 cm³/mol. The van der Waals surface area contributed by atoms with Gasteiger partial charge in [-0.3, -0.25) is 19.7 Å². The Morgan fingerprint density at radius 2 is 1.40 bits per heavy atom. The summed E-state index contributed by atoms with van der Waals surface area (Å²) >= 11 is 0. The molecule has 0 aromatic heterocycles. The van der Waals surface area contributed by atoms with Gasteiger partial charge in [0.1, 0.15) is 0 Å². The fourth-order valence-electron chi connectivity index (χ4n) is 4.19. The second-order valence-electron chi connectivity index (χ2n) is 9.48. The average Bonchev–Trinajstić information content (AvgIpc) is 3.08. The number of ether oxygens (including phenoxy) is 5. The van der Waals surface area contributed by atoms with Crippen molar-refractivity contribution in [1.29, 1.82) is 0 Å². The lowest BCUT2D eigenvalue weighted by molar-refractivity contribution is -0.384. The van der Waals surface area contributed by atoms with Gasteiger partial charge >= 0.3 is 5.97 Å². The number of amides is 2. The number of benzene rings is 4. The van der Waals surface area contributed by atoms with Crippen molar-refractivity contribution in [2.75, 3.05) is 33.3 Å². The van der Waals surface area contributed by atoms with Gasteiger partial charge in [-0.05, 0) is 79.2 Å². The number of carbonyl (C=O) groups excluding carboxylic acids is 3. The Kier molecular flexibility index (Phi) is 11.0. The molecular weight excluding hydrogens is 612 g/mol. The lowest BCUT2D eigenvalue weighted by Crippen LogP contribution is -2.18. The molecule has 4 aromatic rings. The molecule has 14 nitrogen and oxygen atoms in total. The van der Waals surface area contributed by atoms with Crippen molar-refractivity contribution in [3.63, 3.8) is 0 Å². The SMILES string of the molecule is CCOc1cc(/C=N\NC(=O)c2ccc(NC(=O)c3cc(OC)c(OC)c(OC)c3)cc2)ccc1OC(=O)c1ccc([N+](=O)[O-])cc1. The summed E-state index contributed by atoms with van der Waals surface area (Å²) in [6, 6.07) is 18.9. The number of nitrogens with one attached hydrogen (secondary N) is 2. The molecule has 2 N–H and O–H groups in total. The van der Waals surface area contributed by atoms with Crippen molar-refractivity contribution in [2.45, 2.75) is 6.92 Å². The van der Waals surface area contributed by atoms with Gasteiger partial charge in [-0.1, -0.05) is 0 Å². The molecule has 0 unspecified atom stereocenters. The molecule has 0 saturated heterocycles. The Labute approximate surface area is 269 Å². The first kappa shape index (κ1) is 33.5. The van der Waals surface area contributed by atoms with Gasteiger partial charge in [-0.25, -0.2) is 10.2 Å². The van der Waals surface area contributed by atoms with E-state index < -0.39 is 22.7 Å². The summed E-state index contributed by atoms with van der Waals surface area (Å²) in [5.74, 6) is -0.237. The van der Waals surface area contributed by atoms with Gasteiger partial charge in [0, 0.05) is 28.9 Å². The zero-order valence-electron chi connectivity index (χ0n) is 25.8. The van der Waals surface area contributed by atoms with Gasteiger partial charge in [-0.15, -0.1) is 0 Å². The van der Waals surface area contributed by atoms with E-state index in [-0.39, 0.29) is 40.5 Å². The molecule has 0 spiro atoms. The number of hydrogen-bond acceptors (Lipinski definition) is 11. The normalized spacial score (nSPS) is 10.6. The van der Waals surface area contributed by atoms with Gasteiger partial charge in [0.2, 0.25) is 5.75 Å². The van der Waals surface area contributed by atoms with Crippen LogP contribution in [0.1, 0.15) is 43.6 Å². The van der Waals surface area contributed by atoms with Gasteiger partial charge in [0.15, 0.2) is 23.0 Å². The Balaban J connectivity index is 1.37. The fourth-order valence-corrected chi connectivity index (χ4v) is 4.19. The lowest BCUT2D eigenvalue weighted by atomic mass is 10.1. The van der Waals surface area contributed by atoms with Crippen LogP contribution in [0.4, 0.5) is 11.4 Å². The number of non-ortho nitro benzene ring substituents is 1. The third-order valence-corrected chi connectivity index (χ3v) is 6.50. The topological polar surface area (TPSA) is 177 Å². The predicted octanol–water partition coefficient (Wildman–Crippen LogP) is 5.25. The van der Waals surface area contributed by atoms with Crippen molar-refractivity contribution in [3.05, 3.63) is 111 Å². The Hall–Kier alpha value is -6.44. The number of esters is 1. The highest BCUT2D eigenvalue weighted by molar-refractivity contribution is 6.05. The number of carbonyl (C=O) groups is 3. The molecule has 0 aliphatic carbocycles. The number of nitro groups is 1. The van der Waals surface area contributed by atoms with E-state index in [1.807, 2.05) is 0 Å². The number of hydrazone groups is 1. The highest BCUT2D eigenvalue weighted by atomic mass is 16.6. The molecule has 4 aromatic carbocycles. The third kappa shape index (κ3) is 8.39. The summed E-state index contributed by atoms with van der Waals surface area (Å²) in [5.41, 5.74) is 3.95. The smallest absolute Gasteiger partial charge is 0.343 e. The van der Waals surface area contributed by atoms with E-state index in [1.54, 1.807) is 31.2 Å². The number of hydrogen-bond donors (Lipinski definition) is 2. The molecule has 0 atom stereocenters. The van der Waals surface area contributed by atoms with E-state index >= 15 is 0 Å². The minimum absolute atomic E-state index is 0.125. The first-order valence-corrected chi connectivity index (χ1v) is 14.0. The average molecular weight is 643 g/mol. The molecule has 0 aliphatic heterocycles. The van der Waals surface area contributed by atoms with Crippen molar-refractivity contribution < 1.29 is 43.0 Å². The molecule has 242 valence electrons. The Bertz CT molecular complexity index is 1780. The van der Waals surface area contributed by atoms with Gasteiger partial charge < -0.3 is 29.0 Å². The van der Waals surface area contributed by atoms with Crippen molar-refractivity contribution in [3.8, 4) is 28.7 Å². The first-order valence-electron chi connectivity index (χ1n) is 14.0. The number of methoxy groups -OCH3 is 3. The van der Waals surface area contributed by atoms with Gasteiger partial charge in [-0.2, -0.15) is 5.10 Å². The maximum Gasteiger partial charge on any atom is 0.343 e. The number of rotatable bonds is 13. The summed E-state index contributed by atoms with van der Waals surface area (Å²) in [4.78, 5) is 48.4. The van der Waals surface area contributed by atoms with Gasteiger partial charge in [0.25, 0.3) is 17.5 Å². The molecule has 0 radical (unpaired) electrons. The maximum absolute atomic E-state index is 12.9. The quantitative estimate of drug-likeness (QED) is 0.0643. The van der Waals surface area contributed by atoms with Crippen LogP contribution in [-0.4, -0.2) is 56.9 Å². The van der Waals surface area contributed by atoms with Crippen LogP contribution in [0.5, 0.6) is 28.7 Å². The van der Waals surface area contributed by atoms with Crippen molar-refractivity contribution in [2.24, 2.45) is 5.10 Å². The summed E-state index contributed by atoms with van der Waals surface area (Å²) in [5, 5.41) is 17.6. The highest BCUT2D eigenvalue weighted by Crippen LogP contribution is 2.38. The van der Waals surface area contributed by atoms with Crippen molar-refractivity contribution in [1.82, 2.24) is 5.43 Å². The molecule has 47 heavy (non-hydrogen) atoms. The minimum atomic E-state index is -0.721. The molecule has 0 bridgehead atoms. The second kappa shape index (κ2) is 15.5. The second-order valence-corrected chi connectivity index (χ2v) is 9.48. The first-order chi connectivity index (χ1) is 22.7. The number of nitrogens with zero attached hydrogens (tertiary/aromatic N) is 2. The van der Waals surface area contributed by atoms with Crippen LogP contribution in [0, 0.1) is 10.1 Å². The molecule has 14 heteroatoms. The monoisotopic (exact) mass is 642 g/mol. The summed E-state index contributed by atoms with van der Waals surface area (Å²) in [6.07, 6.45) is 1.38. The molecule has 0 saturated carbocycles. The van der Waals surface area contributed by atoms with E-state index in [0.29, 0.717) is 28.5 Å². The van der Waals surface area contributed by atoms with Crippen LogP contribution in [0.15, 0.2) is 84.0 Å². The largest absolute Gasteiger partial charge is 0.493 e. The number of anilines is 1. The van der Waals surface area contributed by atoms with Crippen LogP contribution < -0.4 is 34.4 Å². The molecule has 2 amide bonds. The van der Waals surface area contributed by atoms with Crippen molar-refractivity contribution >= 4 is 35.4 Å². The standard InChI is InChI=1S/C33H30N4O10/c1-5-46-27-16-20(6-15-26(27)47-33(40)22-9-13-25(14-10-22)37(41)42)19-34-36-32(39)21-7-11-24(12-8-21)35-31(38)23-17-28(43-2)30(45-4)29(18-23)44-3/h6-19H,5H2,1-4H3,(H,35,38)(H,36,39)/b34-19-. The summed E-state index contributed by atoms with van der Waals surface area (Å²) in [6.45, 7) is 2.03. The molecule has 0 aliphatic rings. The number of nitro benzene ring substituents is 1. The molecular formula is C33H30N4O10. The van der Waals surface area contributed by atoms with E-state index in [0.717, 1.165) is 0 Å². The molecule has 4 rings (SSSR count). The Morgan fingerprint density at radius 1 is 0.766 bits per heavy atom. The Morgan fingerprint density at radius 3 is 1.98 bits per heavy atom. The summed E-state index contributed by atoms with van der Waals surface area (Å²) in [7, 11) is 4.37. The van der Waals surface area contributed by atoms with E-state index in [9.17, 15) is 24.5 Å². The molecule has 0 heterocycles. The van der Waals surface area contributed by atoms with E-state index in [2.05, 4.69) is 15.8 Å². The lowest BCUT2D eigenvalue weighted by Gasteiger charge is -2.14. The fraction of sp³-hybridized carbons (Fsp3) is 0.152.